The van der Waals surface area contributed by atoms with Gasteiger partial charge in [-0.05, 0) is 43.6 Å². The van der Waals surface area contributed by atoms with E-state index in [1.807, 2.05) is 12.2 Å². The van der Waals surface area contributed by atoms with Crippen LogP contribution in [0.25, 0.3) is 0 Å². The molecule has 4 nitrogen and oxygen atoms in total. The summed E-state index contributed by atoms with van der Waals surface area (Å²) in [6, 6.07) is 0. The smallest absolute Gasteiger partial charge is 0.178 e. The van der Waals surface area contributed by atoms with E-state index in [0.29, 0.717) is 12.8 Å². The summed E-state index contributed by atoms with van der Waals surface area (Å²) < 4.78 is 12.8. The van der Waals surface area contributed by atoms with E-state index in [4.69, 9.17) is 9.47 Å². The predicted molar refractivity (Wildman–Crippen MR) is 120 cm³/mol. The number of ether oxygens (including phenoxy) is 2. The topological polar surface area (TPSA) is 55.8 Å². The molecule has 3 aliphatic rings. The highest BCUT2D eigenvalue weighted by atomic mass is 16.7. The first-order valence-corrected chi connectivity index (χ1v) is 12.5. The Morgan fingerprint density at radius 1 is 0.933 bits per heavy atom. The fourth-order valence-electron chi connectivity index (χ4n) is 5.21. The summed E-state index contributed by atoms with van der Waals surface area (Å²) in [7, 11) is 0. The van der Waals surface area contributed by atoms with Crippen LogP contribution in [0.5, 0.6) is 0 Å². The molecule has 2 heterocycles. The Labute approximate surface area is 183 Å². The molecule has 4 heteroatoms. The first-order chi connectivity index (χ1) is 14.5. The van der Waals surface area contributed by atoms with Crippen LogP contribution in [-0.2, 0) is 14.3 Å². The van der Waals surface area contributed by atoms with Crippen molar-refractivity contribution in [1.82, 2.24) is 0 Å². The standard InChI is InChI=1S/C26H42O4/c1-2-3-4-5-6-7-8-9-10-11-12-13-24-20-23(28)21-26(29-24)19-18-25(30-26)16-14-22(27)15-17-25/h14-17,23-24,28H,2-13,18-21H2,1H3/t23?,24?,26-/m0/s1. The van der Waals surface area contributed by atoms with Gasteiger partial charge in [0, 0.05) is 12.8 Å². The van der Waals surface area contributed by atoms with Crippen molar-refractivity contribution in [3.63, 3.8) is 0 Å². The average Bonchev–Trinajstić information content (AvgIpc) is 3.05. The third-order valence-electron chi connectivity index (χ3n) is 6.92. The van der Waals surface area contributed by atoms with Gasteiger partial charge in [-0.15, -0.1) is 0 Å². The second-order valence-corrected chi connectivity index (χ2v) is 9.69. The zero-order chi connectivity index (χ0) is 21.3. The minimum absolute atomic E-state index is 0.00384. The minimum atomic E-state index is -0.699. The molecule has 3 rings (SSSR count). The van der Waals surface area contributed by atoms with Gasteiger partial charge in [0.25, 0.3) is 0 Å². The molecule has 2 saturated heterocycles. The van der Waals surface area contributed by atoms with Crippen LogP contribution in [0.2, 0.25) is 0 Å². The minimum Gasteiger partial charge on any atom is -0.393 e. The van der Waals surface area contributed by atoms with Crippen LogP contribution in [0.3, 0.4) is 0 Å². The normalized spacial score (nSPS) is 30.0. The van der Waals surface area contributed by atoms with E-state index in [1.165, 1.54) is 64.2 Å². The Morgan fingerprint density at radius 3 is 2.17 bits per heavy atom. The van der Waals surface area contributed by atoms with Crippen molar-refractivity contribution >= 4 is 5.78 Å². The number of rotatable bonds is 12. The maximum absolute atomic E-state index is 11.5. The fourth-order valence-corrected chi connectivity index (χ4v) is 5.21. The number of carbonyl (C=O) groups is 1. The zero-order valence-corrected chi connectivity index (χ0v) is 18.9. The van der Waals surface area contributed by atoms with E-state index in [0.717, 1.165) is 25.7 Å². The molecule has 2 spiro atoms. The number of hydrogen-bond donors (Lipinski definition) is 1. The van der Waals surface area contributed by atoms with Gasteiger partial charge in [0.1, 0.15) is 5.60 Å². The number of unbranched alkanes of at least 4 members (excludes halogenated alkanes) is 10. The first-order valence-electron chi connectivity index (χ1n) is 12.5. The predicted octanol–water partition coefficient (Wildman–Crippen LogP) is 6.17. The van der Waals surface area contributed by atoms with E-state index in [9.17, 15) is 9.90 Å². The van der Waals surface area contributed by atoms with E-state index in [2.05, 4.69) is 6.92 Å². The molecular formula is C26H42O4. The maximum Gasteiger partial charge on any atom is 0.178 e. The summed E-state index contributed by atoms with van der Waals surface area (Å²) in [6.07, 6.45) is 25.1. The monoisotopic (exact) mass is 418 g/mol. The van der Waals surface area contributed by atoms with Crippen molar-refractivity contribution < 1.29 is 19.4 Å². The molecule has 3 atom stereocenters. The highest BCUT2D eigenvalue weighted by Crippen LogP contribution is 2.47. The van der Waals surface area contributed by atoms with Gasteiger partial charge in [0.15, 0.2) is 11.6 Å². The van der Waals surface area contributed by atoms with Crippen LogP contribution in [-0.4, -0.2) is 34.5 Å². The van der Waals surface area contributed by atoms with E-state index in [-0.39, 0.29) is 18.0 Å². The maximum atomic E-state index is 11.5. The third-order valence-corrected chi connectivity index (χ3v) is 6.92. The van der Waals surface area contributed by atoms with Gasteiger partial charge in [0.05, 0.1) is 12.2 Å². The summed E-state index contributed by atoms with van der Waals surface area (Å²) in [5.74, 6) is -0.695. The Hall–Kier alpha value is -0.970. The lowest BCUT2D eigenvalue weighted by atomic mass is 9.91. The molecule has 0 bridgehead atoms. The molecule has 2 fully saturated rings. The first kappa shape index (κ1) is 23.7. The molecule has 2 unspecified atom stereocenters. The van der Waals surface area contributed by atoms with Gasteiger partial charge in [-0.25, -0.2) is 0 Å². The lowest BCUT2D eigenvalue weighted by Crippen LogP contribution is -2.47. The van der Waals surface area contributed by atoms with Crippen LogP contribution in [0, 0.1) is 0 Å². The number of hydrogen-bond acceptors (Lipinski definition) is 4. The van der Waals surface area contributed by atoms with Crippen molar-refractivity contribution in [2.45, 2.75) is 133 Å². The molecule has 0 radical (unpaired) electrons. The summed E-state index contributed by atoms with van der Waals surface area (Å²) in [5, 5.41) is 10.5. The van der Waals surface area contributed by atoms with E-state index in [1.54, 1.807) is 12.2 Å². The molecule has 0 aromatic heterocycles. The van der Waals surface area contributed by atoms with Crippen molar-refractivity contribution in [3.8, 4) is 0 Å². The highest BCUT2D eigenvalue weighted by molar-refractivity contribution is 6.00. The molecule has 1 aliphatic carbocycles. The molecule has 0 amide bonds. The SMILES string of the molecule is CCCCCCCCCCCCCC1CC(O)C[C@@]2(CCC3(C=CC(=O)C=C3)O2)O1. The van der Waals surface area contributed by atoms with E-state index < -0.39 is 11.4 Å². The van der Waals surface area contributed by atoms with Gasteiger partial charge in [0.2, 0.25) is 0 Å². The molecule has 0 saturated carbocycles. The number of aliphatic hydroxyl groups excluding tert-OH is 1. The van der Waals surface area contributed by atoms with Crippen LogP contribution >= 0.6 is 0 Å². The van der Waals surface area contributed by atoms with Crippen LogP contribution in [0.1, 0.15) is 110 Å². The van der Waals surface area contributed by atoms with Gasteiger partial charge in [-0.1, -0.05) is 77.6 Å². The van der Waals surface area contributed by atoms with Gasteiger partial charge in [-0.2, -0.15) is 0 Å². The average molecular weight is 419 g/mol. The van der Waals surface area contributed by atoms with Crippen LogP contribution in [0.4, 0.5) is 0 Å². The van der Waals surface area contributed by atoms with Crippen molar-refractivity contribution in [1.29, 1.82) is 0 Å². The number of aliphatic hydroxyl groups is 1. The second-order valence-electron chi connectivity index (χ2n) is 9.69. The summed E-state index contributed by atoms with van der Waals surface area (Å²) in [5.41, 5.74) is -0.536. The number of carbonyl (C=O) groups excluding carboxylic acids is 1. The van der Waals surface area contributed by atoms with Gasteiger partial charge < -0.3 is 14.6 Å². The Balaban J connectivity index is 1.31. The highest BCUT2D eigenvalue weighted by Gasteiger charge is 2.52. The van der Waals surface area contributed by atoms with Crippen molar-refractivity contribution in [2.75, 3.05) is 0 Å². The number of ketones is 1. The molecule has 0 aromatic carbocycles. The Morgan fingerprint density at radius 2 is 1.53 bits per heavy atom. The second kappa shape index (κ2) is 11.6. The Bertz CT molecular complexity index is 580. The lowest BCUT2D eigenvalue weighted by molar-refractivity contribution is -0.292. The molecule has 0 aromatic rings. The van der Waals surface area contributed by atoms with Crippen molar-refractivity contribution in [2.24, 2.45) is 0 Å². The zero-order valence-electron chi connectivity index (χ0n) is 18.9. The van der Waals surface area contributed by atoms with E-state index >= 15 is 0 Å². The van der Waals surface area contributed by atoms with Crippen LogP contribution in [0.15, 0.2) is 24.3 Å². The summed E-state index contributed by atoms with van der Waals surface area (Å²) in [6.45, 7) is 2.27. The van der Waals surface area contributed by atoms with Crippen molar-refractivity contribution in [3.05, 3.63) is 24.3 Å². The quantitative estimate of drug-likeness (QED) is 0.385. The lowest BCUT2D eigenvalue weighted by Gasteiger charge is -2.42. The Kier molecular flexibility index (Phi) is 9.15. The van der Waals surface area contributed by atoms with Gasteiger partial charge >= 0.3 is 0 Å². The summed E-state index contributed by atoms with van der Waals surface area (Å²) in [4.78, 5) is 11.5. The van der Waals surface area contributed by atoms with Gasteiger partial charge in [-0.3, -0.25) is 4.79 Å². The molecule has 2 aliphatic heterocycles. The molecule has 30 heavy (non-hydrogen) atoms. The third kappa shape index (κ3) is 7.03. The van der Waals surface area contributed by atoms with Crippen LogP contribution < -0.4 is 0 Å². The summed E-state index contributed by atoms with van der Waals surface area (Å²) >= 11 is 0. The molecule has 1 N–H and O–H groups in total. The fraction of sp³-hybridized carbons (Fsp3) is 0.808. The molecule has 170 valence electrons. The number of allylic oxidation sites excluding steroid dienone is 2. The molecular weight excluding hydrogens is 376 g/mol. The largest absolute Gasteiger partial charge is 0.393 e.